The number of hydrogen-bond donors (Lipinski definition) is 2. The van der Waals surface area contributed by atoms with Crippen LogP contribution < -0.4 is 4.74 Å². The number of aromatic nitrogens is 3. The minimum atomic E-state index is -1.02. The van der Waals surface area contributed by atoms with E-state index < -0.39 is 5.97 Å². The average Bonchev–Trinajstić information content (AvgIpc) is 3.09. The molecule has 0 radical (unpaired) electrons. The van der Waals surface area contributed by atoms with E-state index in [1.54, 1.807) is 35.0 Å². The summed E-state index contributed by atoms with van der Waals surface area (Å²) >= 11 is 0. The van der Waals surface area contributed by atoms with Gasteiger partial charge < -0.3 is 14.9 Å². The average molecular weight is 379 g/mol. The molecule has 7 heteroatoms. The molecule has 144 valence electrons. The van der Waals surface area contributed by atoms with Gasteiger partial charge in [0.1, 0.15) is 11.5 Å². The summed E-state index contributed by atoms with van der Waals surface area (Å²) in [6.45, 7) is 2.38. The smallest absolute Gasteiger partial charge is 0.341 e. The predicted molar refractivity (Wildman–Crippen MR) is 106 cm³/mol. The summed E-state index contributed by atoms with van der Waals surface area (Å²) in [5, 5.41) is 23.3. The lowest BCUT2D eigenvalue weighted by molar-refractivity contribution is -0.139. The van der Waals surface area contributed by atoms with Gasteiger partial charge in [0, 0.05) is 6.54 Å². The van der Waals surface area contributed by atoms with Crippen LogP contribution >= 0.6 is 0 Å². The summed E-state index contributed by atoms with van der Waals surface area (Å²) in [6.07, 6.45) is 4.55. The molecular weight excluding hydrogens is 358 g/mol. The Morgan fingerprint density at radius 1 is 1.14 bits per heavy atom. The van der Waals surface area contributed by atoms with Crippen molar-refractivity contribution < 1.29 is 19.7 Å². The minimum Gasteiger partial charge on any atom is -0.507 e. The highest BCUT2D eigenvalue weighted by Gasteiger charge is 2.13. The van der Waals surface area contributed by atoms with Crippen LogP contribution in [-0.4, -0.2) is 37.6 Å². The summed E-state index contributed by atoms with van der Waals surface area (Å²) < 4.78 is 6.91. The van der Waals surface area contributed by atoms with Gasteiger partial charge in [0.25, 0.3) is 0 Å². The van der Waals surface area contributed by atoms with Crippen LogP contribution in [0.25, 0.3) is 23.5 Å². The van der Waals surface area contributed by atoms with Crippen molar-refractivity contribution in [2.75, 3.05) is 6.61 Å². The molecule has 3 rings (SSSR count). The number of para-hydroxylation sites is 1. The third kappa shape index (κ3) is 4.76. The van der Waals surface area contributed by atoms with Crippen LogP contribution in [0.2, 0.25) is 0 Å². The van der Waals surface area contributed by atoms with Crippen molar-refractivity contribution >= 4 is 18.1 Å². The topological polar surface area (TPSA) is 97.5 Å². The van der Waals surface area contributed by atoms with Crippen LogP contribution in [0.1, 0.15) is 24.7 Å². The SMILES string of the molecule is CCCn1nc(/C=C/c2ccc(OCC(=O)O)cc2)nc1-c1ccccc1O. The Balaban J connectivity index is 1.79. The quantitative estimate of drug-likeness (QED) is 0.619. The van der Waals surface area contributed by atoms with Gasteiger partial charge in [0.2, 0.25) is 0 Å². The number of ether oxygens (including phenoxy) is 1. The molecule has 0 aliphatic heterocycles. The minimum absolute atomic E-state index is 0.166. The molecule has 0 bridgehead atoms. The van der Waals surface area contributed by atoms with Crippen molar-refractivity contribution in [2.24, 2.45) is 0 Å². The number of nitrogens with zero attached hydrogens (tertiary/aromatic N) is 3. The maximum atomic E-state index is 10.5. The second kappa shape index (κ2) is 8.85. The van der Waals surface area contributed by atoms with Crippen molar-refractivity contribution in [3.05, 3.63) is 59.9 Å². The molecule has 0 aliphatic rings. The van der Waals surface area contributed by atoms with E-state index in [4.69, 9.17) is 9.84 Å². The van der Waals surface area contributed by atoms with Gasteiger partial charge in [-0.05, 0) is 42.3 Å². The molecule has 0 spiro atoms. The zero-order valence-corrected chi connectivity index (χ0v) is 15.4. The lowest BCUT2D eigenvalue weighted by Crippen LogP contribution is -2.09. The van der Waals surface area contributed by atoms with Crippen LogP contribution in [0.5, 0.6) is 11.5 Å². The van der Waals surface area contributed by atoms with Crippen LogP contribution in [-0.2, 0) is 11.3 Å². The third-order valence-electron chi connectivity index (χ3n) is 3.94. The molecule has 1 aromatic heterocycles. The summed E-state index contributed by atoms with van der Waals surface area (Å²) in [7, 11) is 0. The summed E-state index contributed by atoms with van der Waals surface area (Å²) in [5.41, 5.74) is 1.54. The van der Waals surface area contributed by atoms with E-state index in [9.17, 15) is 9.90 Å². The summed E-state index contributed by atoms with van der Waals surface area (Å²) in [5.74, 6) is 0.805. The zero-order chi connectivity index (χ0) is 19.9. The van der Waals surface area contributed by atoms with Crippen LogP contribution in [0.3, 0.4) is 0 Å². The molecule has 2 aromatic carbocycles. The molecule has 7 nitrogen and oxygen atoms in total. The number of aromatic hydroxyl groups is 1. The van der Waals surface area contributed by atoms with Gasteiger partial charge in [0.05, 0.1) is 5.56 Å². The molecule has 28 heavy (non-hydrogen) atoms. The molecule has 0 saturated heterocycles. The van der Waals surface area contributed by atoms with Gasteiger partial charge in [-0.3, -0.25) is 0 Å². The maximum absolute atomic E-state index is 10.5. The Morgan fingerprint density at radius 2 is 1.89 bits per heavy atom. The van der Waals surface area contributed by atoms with Crippen molar-refractivity contribution in [3.63, 3.8) is 0 Å². The first-order chi connectivity index (χ1) is 13.6. The Bertz CT molecular complexity index is 978. The van der Waals surface area contributed by atoms with E-state index in [-0.39, 0.29) is 12.4 Å². The highest BCUT2D eigenvalue weighted by atomic mass is 16.5. The van der Waals surface area contributed by atoms with Crippen molar-refractivity contribution in [3.8, 4) is 22.9 Å². The van der Waals surface area contributed by atoms with Gasteiger partial charge >= 0.3 is 5.97 Å². The van der Waals surface area contributed by atoms with Crippen molar-refractivity contribution in [1.29, 1.82) is 0 Å². The van der Waals surface area contributed by atoms with Gasteiger partial charge in [-0.25, -0.2) is 14.5 Å². The molecule has 1 heterocycles. The first-order valence-corrected chi connectivity index (χ1v) is 8.92. The molecule has 0 amide bonds. The van der Waals surface area contributed by atoms with Crippen molar-refractivity contribution in [2.45, 2.75) is 19.9 Å². The number of benzene rings is 2. The molecule has 0 aliphatic carbocycles. The summed E-state index contributed by atoms with van der Waals surface area (Å²) in [6, 6.07) is 14.1. The number of hydrogen-bond acceptors (Lipinski definition) is 5. The lowest BCUT2D eigenvalue weighted by Gasteiger charge is -2.05. The molecule has 2 N–H and O–H groups in total. The highest BCUT2D eigenvalue weighted by Crippen LogP contribution is 2.27. The molecule has 0 fully saturated rings. The fraction of sp³-hybridized carbons (Fsp3) is 0.190. The fourth-order valence-corrected chi connectivity index (χ4v) is 2.65. The maximum Gasteiger partial charge on any atom is 0.341 e. The van der Waals surface area contributed by atoms with Crippen LogP contribution in [0.15, 0.2) is 48.5 Å². The zero-order valence-electron chi connectivity index (χ0n) is 15.4. The number of phenols is 1. The number of carbonyl (C=O) groups is 1. The fourth-order valence-electron chi connectivity index (χ4n) is 2.65. The standard InChI is InChI=1S/C21H21N3O4/c1-2-13-24-21(17-5-3-4-6-18(17)25)22-19(23-24)12-9-15-7-10-16(11-8-15)28-14-20(26)27/h3-12,25H,2,13-14H2,1H3,(H,26,27)/b12-9+. The predicted octanol–water partition coefficient (Wildman–Crippen LogP) is 3.69. The molecule has 3 aromatic rings. The molecule has 0 unspecified atom stereocenters. The van der Waals surface area contributed by atoms with E-state index in [1.165, 1.54) is 0 Å². The van der Waals surface area contributed by atoms with E-state index in [0.29, 0.717) is 29.5 Å². The Morgan fingerprint density at radius 3 is 2.57 bits per heavy atom. The van der Waals surface area contributed by atoms with E-state index in [1.807, 2.05) is 30.3 Å². The number of phenolic OH excluding ortho intramolecular Hbond substituents is 1. The monoisotopic (exact) mass is 379 g/mol. The molecular formula is C21H21N3O4. The number of aliphatic carboxylic acids is 1. The first-order valence-electron chi connectivity index (χ1n) is 8.92. The van der Waals surface area contributed by atoms with Gasteiger partial charge in [0.15, 0.2) is 18.3 Å². The van der Waals surface area contributed by atoms with E-state index in [0.717, 1.165) is 12.0 Å². The normalized spacial score (nSPS) is 11.0. The second-order valence-corrected chi connectivity index (χ2v) is 6.12. The Kier molecular flexibility index (Phi) is 6.06. The number of aryl methyl sites for hydroxylation is 1. The lowest BCUT2D eigenvalue weighted by atomic mass is 10.2. The molecule has 0 saturated carbocycles. The Hall–Kier alpha value is -3.61. The van der Waals surface area contributed by atoms with Gasteiger partial charge in [-0.2, -0.15) is 5.10 Å². The van der Waals surface area contributed by atoms with Crippen LogP contribution in [0.4, 0.5) is 0 Å². The largest absolute Gasteiger partial charge is 0.507 e. The highest BCUT2D eigenvalue weighted by molar-refractivity contribution is 5.70. The third-order valence-corrected chi connectivity index (χ3v) is 3.94. The number of carboxylic acid groups (broad SMARTS) is 1. The Labute approximate surface area is 162 Å². The van der Waals surface area contributed by atoms with Crippen molar-refractivity contribution in [1.82, 2.24) is 14.8 Å². The summed E-state index contributed by atoms with van der Waals surface area (Å²) in [4.78, 5) is 15.1. The second-order valence-electron chi connectivity index (χ2n) is 6.12. The van der Waals surface area contributed by atoms with Gasteiger partial charge in [-0.1, -0.05) is 37.3 Å². The number of carboxylic acids is 1. The molecule has 0 atom stereocenters. The van der Waals surface area contributed by atoms with E-state index in [2.05, 4.69) is 17.0 Å². The number of rotatable bonds is 8. The van der Waals surface area contributed by atoms with Crippen LogP contribution in [0, 0.1) is 0 Å². The van der Waals surface area contributed by atoms with E-state index >= 15 is 0 Å². The van der Waals surface area contributed by atoms with Gasteiger partial charge in [-0.15, -0.1) is 0 Å². The first kappa shape index (κ1) is 19.2.